The Bertz CT molecular complexity index is 1010. The quantitative estimate of drug-likeness (QED) is 0.0611. The van der Waals surface area contributed by atoms with Crippen molar-refractivity contribution in [2.24, 2.45) is 46.3 Å². The largest absolute Gasteiger partial charge is 0.462 e. The van der Waals surface area contributed by atoms with Crippen molar-refractivity contribution in [3.05, 3.63) is 23.8 Å². The molecule has 282 valence electrons. The fourth-order valence-electron chi connectivity index (χ4n) is 11.7. The normalized spacial score (nSPS) is 31.7. The van der Waals surface area contributed by atoms with Crippen LogP contribution in [-0.2, 0) is 9.53 Å². The van der Waals surface area contributed by atoms with Crippen LogP contribution in [0.15, 0.2) is 23.8 Å². The molecule has 0 heterocycles. The molecule has 0 aromatic heterocycles. The molecule has 3 saturated carbocycles. The third-order valence-electron chi connectivity index (χ3n) is 14.7. The Morgan fingerprint density at radius 3 is 2.10 bits per heavy atom. The summed E-state index contributed by atoms with van der Waals surface area (Å²) < 4.78 is 6.14. The molecule has 4 aliphatic carbocycles. The number of allylic oxidation sites excluding steroid dienone is 3. The number of fused-ring (bicyclic) bond motifs is 5. The molecule has 4 aliphatic rings. The first kappa shape index (κ1) is 40.7. The minimum Gasteiger partial charge on any atom is -0.462 e. The molecule has 8 atom stereocenters. The lowest BCUT2D eigenvalue weighted by Gasteiger charge is -2.58. The van der Waals surface area contributed by atoms with Gasteiger partial charge in [0.2, 0.25) is 0 Å². The van der Waals surface area contributed by atoms with Crippen LogP contribution in [0.3, 0.4) is 0 Å². The monoisotopic (exact) mass is 679 g/mol. The first-order chi connectivity index (χ1) is 23.7. The predicted octanol–water partition coefficient (Wildman–Crippen LogP) is 14.8. The van der Waals surface area contributed by atoms with Crippen molar-refractivity contribution in [1.82, 2.24) is 0 Å². The number of rotatable bonds is 23. The van der Waals surface area contributed by atoms with E-state index in [1.54, 1.807) is 5.57 Å². The van der Waals surface area contributed by atoms with E-state index in [2.05, 4.69) is 59.8 Å². The summed E-state index contributed by atoms with van der Waals surface area (Å²) in [5.74, 6) is 5.32. The van der Waals surface area contributed by atoms with Crippen LogP contribution < -0.4 is 0 Å². The number of ether oxygens (including phenoxy) is 1. The van der Waals surface area contributed by atoms with Crippen LogP contribution in [0.4, 0.5) is 0 Å². The van der Waals surface area contributed by atoms with Gasteiger partial charge in [0.15, 0.2) is 0 Å². The molecule has 0 aliphatic heterocycles. The summed E-state index contributed by atoms with van der Waals surface area (Å²) in [6, 6.07) is 0. The van der Waals surface area contributed by atoms with Crippen molar-refractivity contribution in [3.63, 3.8) is 0 Å². The zero-order chi connectivity index (χ0) is 35.1. The van der Waals surface area contributed by atoms with Gasteiger partial charge in [0.05, 0.1) is 0 Å². The van der Waals surface area contributed by atoms with Crippen molar-refractivity contribution < 1.29 is 9.53 Å². The number of hydrogen-bond donors (Lipinski definition) is 0. The Hall–Kier alpha value is -1.05. The number of unbranched alkanes of at least 4 members (excludes halogenated alkanes) is 13. The van der Waals surface area contributed by atoms with Crippen LogP contribution in [-0.4, -0.2) is 12.1 Å². The lowest BCUT2D eigenvalue weighted by atomic mass is 9.47. The Morgan fingerprint density at radius 1 is 0.776 bits per heavy atom. The van der Waals surface area contributed by atoms with E-state index in [0.717, 1.165) is 54.8 Å². The fraction of sp³-hybridized carbons (Fsp3) is 0.894. The summed E-state index contributed by atoms with van der Waals surface area (Å²) >= 11 is 0. The maximum absolute atomic E-state index is 12.8. The van der Waals surface area contributed by atoms with Gasteiger partial charge in [0.1, 0.15) is 6.10 Å². The number of carbonyl (C=O) groups is 1. The fourth-order valence-corrected chi connectivity index (χ4v) is 11.7. The highest BCUT2D eigenvalue weighted by Gasteiger charge is 2.59. The molecule has 0 aromatic rings. The molecule has 0 radical (unpaired) electrons. The maximum atomic E-state index is 12.8. The minimum atomic E-state index is 0.0589. The first-order valence-corrected chi connectivity index (χ1v) is 22.2. The predicted molar refractivity (Wildman–Crippen MR) is 212 cm³/mol. The van der Waals surface area contributed by atoms with Crippen molar-refractivity contribution in [2.45, 2.75) is 221 Å². The highest BCUT2D eigenvalue weighted by atomic mass is 16.5. The molecule has 0 N–H and O–H groups in total. The minimum absolute atomic E-state index is 0.0589. The van der Waals surface area contributed by atoms with E-state index >= 15 is 0 Å². The van der Waals surface area contributed by atoms with Crippen molar-refractivity contribution in [2.75, 3.05) is 0 Å². The Balaban J connectivity index is 1.08. The first-order valence-electron chi connectivity index (χ1n) is 22.2. The molecular weight excluding hydrogens is 597 g/mol. The van der Waals surface area contributed by atoms with Gasteiger partial charge in [-0.3, -0.25) is 4.79 Å². The third kappa shape index (κ3) is 11.7. The van der Waals surface area contributed by atoms with Crippen molar-refractivity contribution in [3.8, 4) is 0 Å². The zero-order valence-corrected chi connectivity index (χ0v) is 33.7. The van der Waals surface area contributed by atoms with Gasteiger partial charge in [-0.05, 0) is 123 Å². The summed E-state index contributed by atoms with van der Waals surface area (Å²) in [7, 11) is 0. The molecule has 0 amide bonds. The summed E-state index contributed by atoms with van der Waals surface area (Å²) in [6.45, 7) is 14.9. The Labute approximate surface area is 305 Å². The van der Waals surface area contributed by atoms with Gasteiger partial charge in [-0.15, -0.1) is 0 Å². The van der Waals surface area contributed by atoms with E-state index in [1.165, 1.54) is 148 Å². The van der Waals surface area contributed by atoms with E-state index in [4.69, 9.17) is 4.74 Å². The van der Waals surface area contributed by atoms with Gasteiger partial charge in [-0.1, -0.05) is 149 Å². The van der Waals surface area contributed by atoms with E-state index in [1.807, 2.05) is 0 Å². The third-order valence-corrected chi connectivity index (χ3v) is 14.7. The average Bonchev–Trinajstić information content (AvgIpc) is 3.43. The molecule has 8 unspecified atom stereocenters. The number of esters is 1. The molecule has 0 aromatic carbocycles. The number of hydrogen-bond acceptors (Lipinski definition) is 2. The Kier molecular flexibility index (Phi) is 17.3. The van der Waals surface area contributed by atoms with Gasteiger partial charge < -0.3 is 4.74 Å². The molecule has 0 bridgehead atoms. The molecule has 4 rings (SSSR count). The van der Waals surface area contributed by atoms with Crippen molar-refractivity contribution in [1.29, 1.82) is 0 Å². The van der Waals surface area contributed by atoms with E-state index in [-0.39, 0.29) is 12.1 Å². The van der Waals surface area contributed by atoms with Gasteiger partial charge in [-0.2, -0.15) is 0 Å². The van der Waals surface area contributed by atoms with Crippen LogP contribution >= 0.6 is 0 Å². The van der Waals surface area contributed by atoms with Crippen LogP contribution in [0.1, 0.15) is 215 Å². The summed E-state index contributed by atoms with van der Waals surface area (Å²) in [4.78, 5) is 12.8. The van der Waals surface area contributed by atoms with Crippen LogP contribution in [0.2, 0.25) is 0 Å². The zero-order valence-electron chi connectivity index (χ0n) is 33.7. The summed E-state index contributed by atoms with van der Waals surface area (Å²) in [6.07, 6.45) is 42.4. The standard InChI is InChI=1S/C47H82O2/c1-7-8-9-10-11-12-13-14-15-16-17-18-19-20-21-22-23-27-45(48)49-40-32-34-46(5)39(36-40)28-29-41-43-31-30-42(38(4)26-24-25-37(2)3)47(43,6)35-33-44(41)46/h14-15,28,37-38,40-44H,7-13,16-27,29-36H2,1-6H3/b15-14-. The summed E-state index contributed by atoms with van der Waals surface area (Å²) in [5, 5.41) is 0. The lowest BCUT2D eigenvalue weighted by molar-refractivity contribution is -0.151. The van der Waals surface area contributed by atoms with E-state index < -0.39 is 0 Å². The highest BCUT2D eigenvalue weighted by Crippen LogP contribution is 2.67. The second-order valence-electron chi connectivity index (χ2n) is 18.7. The molecule has 2 heteroatoms. The number of carbonyl (C=O) groups excluding carboxylic acids is 1. The molecule has 49 heavy (non-hydrogen) atoms. The smallest absolute Gasteiger partial charge is 0.306 e. The molecule has 2 nitrogen and oxygen atoms in total. The summed E-state index contributed by atoms with van der Waals surface area (Å²) in [5.41, 5.74) is 2.53. The van der Waals surface area contributed by atoms with Crippen LogP contribution in [0.25, 0.3) is 0 Å². The molecule has 0 spiro atoms. The average molecular weight is 679 g/mol. The maximum Gasteiger partial charge on any atom is 0.306 e. The van der Waals surface area contributed by atoms with Gasteiger partial charge in [0.25, 0.3) is 0 Å². The molecular formula is C47H82O2. The second-order valence-corrected chi connectivity index (χ2v) is 18.7. The SMILES string of the molecule is CCCCCCCC/C=C\CCCCCCCCCC(=O)OC1CCC2(C)C(=CCC3C2CCC2(C)C(C(C)CCCC(C)C)CCC32)C1. The van der Waals surface area contributed by atoms with Crippen molar-refractivity contribution >= 4 is 5.97 Å². The van der Waals surface area contributed by atoms with E-state index in [0.29, 0.717) is 17.3 Å². The highest BCUT2D eigenvalue weighted by molar-refractivity contribution is 5.69. The van der Waals surface area contributed by atoms with Gasteiger partial charge in [-0.25, -0.2) is 0 Å². The lowest BCUT2D eigenvalue weighted by Crippen LogP contribution is -2.51. The van der Waals surface area contributed by atoms with Crippen LogP contribution in [0.5, 0.6) is 0 Å². The molecule has 3 fully saturated rings. The Morgan fingerprint density at radius 2 is 1.43 bits per heavy atom. The van der Waals surface area contributed by atoms with E-state index in [9.17, 15) is 4.79 Å². The van der Waals surface area contributed by atoms with Gasteiger partial charge >= 0.3 is 5.97 Å². The molecule has 0 saturated heterocycles. The van der Waals surface area contributed by atoms with Crippen LogP contribution in [0, 0.1) is 46.3 Å². The van der Waals surface area contributed by atoms with Gasteiger partial charge in [0, 0.05) is 12.8 Å². The second kappa shape index (κ2) is 20.9. The topological polar surface area (TPSA) is 26.3 Å².